The Balaban J connectivity index is 2.81. The Bertz CT molecular complexity index is 476. The van der Waals surface area contributed by atoms with Crippen LogP contribution in [0.1, 0.15) is 11.1 Å². The van der Waals surface area contributed by atoms with Crippen molar-refractivity contribution in [3.8, 4) is 6.07 Å². The van der Waals surface area contributed by atoms with E-state index in [4.69, 9.17) is 11.0 Å². The van der Waals surface area contributed by atoms with Gasteiger partial charge in [-0.1, -0.05) is 18.2 Å². The molecule has 3 nitrogen and oxygen atoms in total. The zero-order valence-corrected chi connectivity index (χ0v) is 7.04. The Morgan fingerprint density at radius 1 is 1.46 bits per heavy atom. The summed E-state index contributed by atoms with van der Waals surface area (Å²) in [4.78, 5) is 3.06. The lowest BCUT2D eigenvalue weighted by Crippen LogP contribution is -1.96. The molecule has 0 aliphatic heterocycles. The monoisotopic (exact) mass is 171 g/mol. The normalized spacial score (nSPS) is 10.2. The number of nitriles is 1. The second-order valence-corrected chi connectivity index (χ2v) is 2.86. The van der Waals surface area contributed by atoms with Crippen molar-refractivity contribution in [3.05, 3.63) is 35.5 Å². The van der Waals surface area contributed by atoms with Gasteiger partial charge >= 0.3 is 0 Å². The molecule has 2 aromatic rings. The van der Waals surface area contributed by atoms with Crippen LogP contribution in [0.15, 0.2) is 24.4 Å². The molecule has 64 valence electrons. The van der Waals surface area contributed by atoms with Crippen LogP contribution in [0.2, 0.25) is 0 Å². The van der Waals surface area contributed by atoms with Crippen LogP contribution in [0.5, 0.6) is 0 Å². The Morgan fingerprint density at radius 2 is 2.31 bits per heavy atom. The summed E-state index contributed by atoms with van der Waals surface area (Å²) in [7, 11) is 0. The third kappa shape index (κ3) is 1.08. The van der Waals surface area contributed by atoms with Crippen molar-refractivity contribution in [2.24, 2.45) is 5.73 Å². The summed E-state index contributed by atoms with van der Waals surface area (Å²) in [6.07, 6.45) is 1.71. The van der Waals surface area contributed by atoms with E-state index < -0.39 is 0 Å². The summed E-state index contributed by atoms with van der Waals surface area (Å²) >= 11 is 0. The van der Waals surface area contributed by atoms with Crippen LogP contribution in [0.4, 0.5) is 0 Å². The predicted octanol–water partition coefficient (Wildman–Crippen LogP) is 1.50. The molecule has 0 radical (unpaired) electrons. The van der Waals surface area contributed by atoms with E-state index in [1.54, 1.807) is 6.20 Å². The summed E-state index contributed by atoms with van der Waals surface area (Å²) in [5.74, 6) is 0. The topological polar surface area (TPSA) is 65.6 Å². The van der Waals surface area contributed by atoms with E-state index in [0.717, 1.165) is 16.5 Å². The van der Waals surface area contributed by atoms with Gasteiger partial charge in [0, 0.05) is 18.1 Å². The van der Waals surface area contributed by atoms with Crippen LogP contribution < -0.4 is 5.73 Å². The fourth-order valence-electron chi connectivity index (χ4n) is 1.48. The highest BCUT2D eigenvalue weighted by molar-refractivity contribution is 5.88. The third-order valence-electron chi connectivity index (χ3n) is 2.14. The van der Waals surface area contributed by atoms with Crippen molar-refractivity contribution in [2.45, 2.75) is 6.54 Å². The fraction of sp³-hybridized carbons (Fsp3) is 0.100. The van der Waals surface area contributed by atoms with E-state index in [1.165, 1.54) is 0 Å². The number of nitrogens with two attached hydrogens (primary N) is 1. The molecule has 3 N–H and O–H groups in total. The maximum Gasteiger partial charge on any atom is 0.101 e. The van der Waals surface area contributed by atoms with Crippen molar-refractivity contribution < 1.29 is 0 Å². The number of aromatic nitrogens is 1. The molecule has 0 aliphatic rings. The molecule has 13 heavy (non-hydrogen) atoms. The minimum atomic E-state index is 0.489. The zero-order chi connectivity index (χ0) is 9.26. The first-order chi connectivity index (χ1) is 6.36. The minimum absolute atomic E-state index is 0.489. The first-order valence-corrected chi connectivity index (χ1v) is 4.06. The van der Waals surface area contributed by atoms with Gasteiger partial charge in [0.2, 0.25) is 0 Å². The van der Waals surface area contributed by atoms with Crippen LogP contribution in [-0.4, -0.2) is 4.98 Å². The highest BCUT2D eigenvalue weighted by Crippen LogP contribution is 2.20. The summed E-state index contributed by atoms with van der Waals surface area (Å²) in [5.41, 5.74) is 8.25. The molecule has 0 saturated carbocycles. The molecule has 0 spiro atoms. The predicted molar refractivity (Wildman–Crippen MR) is 50.9 cm³/mol. The van der Waals surface area contributed by atoms with Gasteiger partial charge in [0.05, 0.1) is 11.1 Å². The molecular formula is C10H9N3. The van der Waals surface area contributed by atoms with Gasteiger partial charge in [-0.3, -0.25) is 0 Å². The standard InChI is InChI=1S/C10H9N3/c11-4-7-2-1-3-9-8(5-12)6-13-10(7)9/h1-3,6,13H,4,11H2. The van der Waals surface area contributed by atoms with Gasteiger partial charge in [-0.2, -0.15) is 5.26 Å². The van der Waals surface area contributed by atoms with Gasteiger partial charge in [-0.15, -0.1) is 0 Å². The van der Waals surface area contributed by atoms with Crippen molar-refractivity contribution in [3.63, 3.8) is 0 Å². The molecule has 0 aliphatic carbocycles. The number of fused-ring (bicyclic) bond motifs is 1. The molecule has 0 fully saturated rings. The highest BCUT2D eigenvalue weighted by Gasteiger charge is 2.04. The van der Waals surface area contributed by atoms with Gasteiger partial charge in [0.1, 0.15) is 6.07 Å². The molecule has 1 aromatic carbocycles. The molecule has 1 aromatic heterocycles. The lowest BCUT2D eigenvalue weighted by atomic mass is 10.1. The second-order valence-electron chi connectivity index (χ2n) is 2.86. The van der Waals surface area contributed by atoms with Gasteiger partial charge in [0.25, 0.3) is 0 Å². The Hall–Kier alpha value is -1.79. The van der Waals surface area contributed by atoms with Crippen LogP contribution >= 0.6 is 0 Å². The summed E-state index contributed by atoms with van der Waals surface area (Å²) in [6, 6.07) is 7.92. The number of aromatic amines is 1. The molecular weight excluding hydrogens is 162 g/mol. The van der Waals surface area contributed by atoms with E-state index in [-0.39, 0.29) is 0 Å². The van der Waals surface area contributed by atoms with Crippen LogP contribution in [0, 0.1) is 11.3 Å². The number of benzene rings is 1. The van der Waals surface area contributed by atoms with Gasteiger partial charge in [0.15, 0.2) is 0 Å². The molecule has 0 unspecified atom stereocenters. The van der Waals surface area contributed by atoms with E-state index in [2.05, 4.69) is 11.1 Å². The summed E-state index contributed by atoms with van der Waals surface area (Å²) in [6.45, 7) is 0.489. The Kier molecular flexibility index (Phi) is 1.76. The molecule has 0 amide bonds. The number of nitrogens with zero attached hydrogens (tertiary/aromatic N) is 1. The van der Waals surface area contributed by atoms with Crippen molar-refractivity contribution in [1.29, 1.82) is 5.26 Å². The van der Waals surface area contributed by atoms with Crippen LogP contribution in [0.25, 0.3) is 10.9 Å². The van der Waals surface area contributed by atoms with Crippen LogP contribution in [0.3, 0.4) is 0 Å². The first-order valence-electron chi connectivity index (χ1n) is 4.06. The average molecular weight is 171 g/mol. The van der Waals surface area contributed by atoms with Crippen molar-refractivity contribution in [2.75, 3.05) is 0 Å². The smallest absolute Gasteiger partial charge is 0.101 e. The largest absolute Gasteiger partial charge is 0.360 e. The summed E-state index contributed by atoms with van der Waals surface area (Å²) < 4.78 is 0. The quantitative estimate of drug-likeness (QED) is 0.682. The molecule has 1 heterocycles. The third-order valence-corrected chi connectivity index (χ3v) is 2.14. The number of rotatable bonds is 1. The highest BCUT2D eigenvalue weighted by atomic mass is 14.7. The van der Waals surface area contributed by atoms with E-state index in [1.807, 2.05) is 18.2 Å². The second kappa shape index (κ2) is 2.92. The lowest BCUT2D eigenvalue weighted by Gasteiger charge is -1.97. The molecule has 0 bridgehead atoms. The van der Waals surface area contributed by atoms with Gasteiger partial charge in [-0.05, 0) is 5.56 Å². The van der Waals surface area contributed by atoms with E-state index in [9.17, 15) is 0 Å². The zero-order valence-electron chi connectivity index (χ0n) is 7.04. The minimum Gasteiger partial charge on any atom is -0.360 e. The molecule has 0 atom stereocenters. The van der Waals surface area contributed by atoms with E-state index >= 15 is 0 Å². The first kappa shape index (κ1) is 7.84. The van der Waals surface area contributed by atoms with Crippen molar-refractivity contribution in [1.82, 2.24) is 4.98 Å². The number of H-pyrrole nitrogens is 1. The molecule has 0 saturated heterocycles. The maximum absolute atomic E-state index is 8.79. The number of nitrogens with one attached hydrogen (secondary N) is 1. The van der Waals surface area contributed by atoms with Gasteiger partial charge < -0.3 is 10.7 Å². The Labute approximate surface area is 75.8 Å². The maximum atomic E-state index is 8.79. The molecule has 2 rings (SSSR count). The summed E-state index contributed by atoms with van der Waals surface area (Å²) in [5, 5.41) is 9.74. The van der Waals surface area contributed by atoms with E-state index in [0.29, 0.717) is 12.1 Å². The number of para-hydroxylation sites is 1. The lowest BCUT2D eigenvalue weighted by molar-refractivity contribution is 1.08. The average Bonchev–Trinajstić information content (AvgIpc) is 2.60. The fourth-order valence-corrected chi connectivity index (χ4v) is 1.48. The van der Waals surface area contributed by atoms with Crippen molar-refractivity contribution >= 4 is 10.9 Å². The molecule has 3 heteroatoms. The SMILES string of the molecule is N#Cc1c[nH]c2c(CN)cccc12. The van der Waals surface area contributed by atoms with Gasteiger partial charge in [-0.25, -0.2) is 0 Å². The van der Waals surface area contributed by atoms with Crippen LogP contribution in [-0.2, 0) is 6.54 Å². The Morgan fingerprint density at radius 3 is 3.00 bits per heavy atom. The number of hydrogen-bond acceptors (Lipinski definition) is 2. The number of hydrogen-bond donors (Lipinski definition) is 2.